The molecule has 0 radical (unpaired) electrons. The quantitative estimate of drug-likeness (QED) is 0.590. The highest BCUT2D eigenvalue weighted by Crippen LogP contribution is 2.19. The maximum absolute atomic E-state index is 13.0. The summed E-state index contributed by atoms with van der Waals surface area (Å²) in [5, 5.41) is 2.88. The van der Waals surface area contributed by atoms with Crippen LogP contribution in [0.25, 0.3) is 5.65 Å². The standard InChI is InChI=1S/C23H29N5O3S/c1-18(2)16-26-11-13-28(14-12-26)32(30,31)21-6-3-19(4-7-21)15-25-23(29)20-5-8-22-24-9-10-27(22)17-20/h3-10,17-18H,11-16H2,1-2H3,(H,25,29). The van der Waals surface area contributed by atoms with Crippen LogP contribution in [0.2, 0.25) is 0 Å². The molecule has 1 N–H and O–H groups in total. The monoisotopic (exact) mass is 455 g/mol. The number of aromatic nitrogens is 2. The van der Waals surface area contributed by atoms with Gasteiger partial charge in [-0.05, 0) is 35.7 Å². The smallest absolute Gasteiger partial charge is 0.253 e. The number of sulfonamides is 1. The predicted molar refractivity (Wildman–Crippen MR) is 123 cm³/mol. The van der Waals surface area contributed by atoms with Crippen molar-refractivity contribution in [3.8, 4) is 0 Å². The second-order valence-electron chi connectivity index (χ2n) is 8.54. The number of hydrogen-bond acceptors (Lipinski definition) is 5. The molecule has 0 unspecified atom stereocenters. The van der Waals surface area contributed by atoms with Gasteiger partial charge in [-0.25, -0.2) is 13.4 Å². The average Bonchev–Trinajstić information content (AvgIpc) is 3.25. The van der Waals surface area contributed by atoms with Crippen molar-refractivity contribution in [3.63, 3.8) is 0 Å². The van der Waals surface area contributed by atoms with Crippen LogP contribution in [0.5, 0.6) is 0 Å². The Morgan fingerprint density at radius 2 is 1.78 bits per heavy atom. The zero-order valence-electron chi connectivity index (χ0n) is 18.4. The van der Waals surface area contributed by atoms with Crippen molar-refractivity contribution in [2.75, 3.05) is 32.7 Å². The zero-order valence-corrected chi connectivity index (χ0v) is 19.3. The number of carbonyl (C=O) groups excluding carboxylic acids is 1. The van der Waals surface area contributed by atoms with Gasteiger partial charge in [0.2, 0.25) is 10.0 Å². The maximum Gasteiger partial charge on any atom is 0.253 e. The molecule has 0 spiro atoms. The molecule has 170 valence electrons. The van der Waals surface area contributed by atoms with Gasteiger partial charge < -0.3 is 14.6 Å². The molecule has 1 aliphatic rings. The molecule has 1 aliphatic heterocycles. The number of carbonyl (C=O) groups is 1. The molecule has 0 aliphatic carbocycles. The first kappa shape index (κ1) is 22.4. The van der Waals surface area contributed by atoms with E-state index in [1.807, 2.05) is 0 Å². The molecule has 4 rings (SSSR count). The number of fused-ring (bicyclic) bond motifs is 1. The third-order valence-electron chi connectivity index (χ3n) is 5.62. The zero-order chi connectivity index (χ0) is 22.7. The van der Waals surface area contributed by atoms with E-state index in [1.165, 1.54) is 0 Å². The number of amides is 1. The number of pyridine rings is 1. The van der Waals surface area contributed by atoms with Gasteiger partial charge >= 0.3 is 0 Å². The lowest BCUT2D eigenvalue weighted by atomic mass is 10.2. The molecule has 2 aromatic heterocycles. The lowest BCUT2D eigenvalue weighted by Crippen LogP contribution is -2.49. The third kappa shape index (κ3) is 5.01. The summed E-state index contributed by atoms with van der Waals surface area (Å²) in [6.45, 7) is 8.18. The number of nitrogens with one attached hydrogen (secondary N) is 1. The summed E-state index contributed by atoms with van der Waals surface area (Å²) in [7, 11) is -3.51. The summed E-state index contributed by atoms with van der Waals surface area (Å²) in [5.41, 5.74) is 2.15. The second kappa shape index (κ2) is 9.40. The van der Waals surface area contributed by atoms with Gasteiger partial charge in [0.1, 0.15) is 5.65 Å². The molecule has 0 bridgehead atoms. The Hall–Kier alpha value is -2.75. The first-order valence-electron chi connectivity index (χ1n) is 10.9. The van der Waals surface area contributed by atoms with E-state index in [0.717, 1.165) is 30.8 Å². The van der Waals surface area contributed by atoms with Crippen LogP contribution < -0.4 is 5.32 Å². The topological polar surface area (TPSA) is 87.0 Å². The minimum absolute atomic E-state index is 0.198. The van der Waals surface area contributed by atoms with Crippen molar-refractivity contribution in [3.05, 3.63) is 66.1 Å². The van der Waals surface area contributed by atoms with Crippen LogP contribution in [0, 0.1) is 5.92 Å². The van der Waals surface area contributed by atoms with Crippen LogP contribution in [0.4, 0.5) is 0 Å². The van der Waals surface area contributed by atoms with Crippen LogP contribution >= 0.6 is 0 Å². The SMILES string of the molecule is CC(C)CN1CCN(S(=O)(=O)c2ccc(CNC(=O)c3ccc4nccn4c3)cc2)CC1. The van der Waals surface area contributed by atoms with E-state index >= 15 is 0 Å². The minimum Gasteiger partial charge on any atom is -0.348 e. The fraction of sp³-hybridized carbons (Fsp3) is 0.391. The number of piperazine rings is 1. The van der Waals surface area contributed by atoms with Gasteiger partial charge in [0, 0.05) is 57.9 Å². The highest BCUT2D eigenvalue weighted by atomic mass is 32.2. The van der Waals surface area contributed by atoms with Crippen molar-refractivity contribution >= 4 is 21.6 Å². The van der Waals surface area contributed by atoms with Gasteiger partial charge in [0.15, 0.2) is 0 Å². The van der Waals surface area contributed by atoms with Gasteiger partial charge in [0.05, 0.1) is 10.5 Å². The van der Waals surface area contributed by atoms with Gasteiger partial charge in [-0.3, -0.25) is 4.79 Å². The molecule has 1 fully saturated rings. The van der Waals surface area contributed by atoms with Crippen LogP contribution in [0.1, 0.15) is 29.8 Å². The van der Waals surface area contributed by atoms with Crippen LogP contribution in [-0.4, -0.2) is 65.6 Å². The van der Waals surface area contributed by atoms with Crippen molar-refractivity contribution in [1.82, 2.24) is 23.9 Å². The molecular weight excluding hydrogens is 426 g/mol. The Balaban J connectivity index is 1.34. The molecule has 3 aromatic rings. The van der Waals surface area contributed by atoms with Gasteiger partial charge in [-0.2, -0.15) is 4.31 Å². The van der Waals surface area contributed by atoms with E-state index < -0.39 is 10.0 Å². The summed E-state index contributed by atoms with van der Waals surface area (Å²) >= 11 is 0. The summed E-state index contributed by atoms with van der Waals surface area (Å²) in [6.07, 6.45) is 5.20. The van der Waals surface area contributed by atoms with E-state index in [4.69, 9.17) is 0 Å². The first-order chi connectivity index (χ1) is 15.3. The number of hydrogen-bond donors (Lipinski definition) is 1. The lowest BCUT2D eigenvalue weighted by molar-refractivity contribution is 0.0950. The second-order valence-corrected chi connectivity index (χ2v) is 10.5. The van der Waals surface area contributed by atoms with Crippen molar-refractivity contribution in [1.29, 1.82) is 0 Å². The summed E-state index contributed by atoms with van der Waals surface area (Å²) in [5.74, 6) is 0.372. The fourth-order valence-electron chi connectivity index (χ4n) is 3.94. The Bertz CT molecular complexity index is 1180. The van der Waals surface area contributed by atoms with Crippen LogP contribution in [0.15, 0.2) is 59.9 Å². The van der Waals surface area contributed by atoms with Crippen molar-refractivity contribution in [2.45, 2.75) is 25.3 Å². The van der Waals surface area contributed by atoms with E-state index in [1.54, 1.807) is 63.7 Å². The molecule has 9 heteroatoms. The summed E-state index contributed by atoms with van der Waals surface area (Å²) < 4.78 is 29.3. The lowest BCUT2D eigenvalue weighted by Gasteiger charge is -2.34. The number of rotatable bonds is 7. The number of imidazole rings is 1. The Morgan fingerprint density at radius 3 is 2.47 bits per heavy atom. The maximum atomic E-state index is 13.0. The van der Waals surface area contributed by atoms with E-state index in [2.05, 4.69) is 29.0 Å². The minimum atomic E-state index is -3.51. The Morgan fingerprint density at radius 1 is 1.06 bits per heavy atom. The van der Waals surface area contributed by atoms with Gasteiger partial charge in [0.25, 0.3) is 5.91 Å². The Labute approximate surface area is 188 Å². The summed E-state index contributed by atoms with van der Waals surface area (Å²) in [6, 6.07) is 10.3. The first-order valence-corrected chi connectivity index (χ1v) is 12.3. The Kier molecular flexibility index (Phi) is 6.59. The molecule has 3 heterocycles. The normalized spacial score (nSPS) is 16.0. The molecular formula is C23H29N5O3S. The molecule has 1 aromatic carbocycles. The van der Waals surface area contributed by atoms with E-state index in [9.17, 15) is 13.2 Å². The third-order valence-corrected chi connectivity index (χ3v) is 7.53. The van der Waals surface area contributed by atoms with Crippen molar-refractivity contribution < 1.29 is 13.2 Å². The van der Waals surface area contributed by atoms with Gasteiger partial charge in [-0.1, -0.05) is 26.0 Å². The summed E-state index contributed by atoms with van der Waals surface area (Å²) in [4.78, 5) is 19.2. The molecule has 1 saturated heterocycles. The van der Waals surface area contributed by atoms with E-state index in [-0.39, 0.29) is 10.8 Å². The highest BCUT2D eigenvalue weighted by molar-refractivity contribution is 7.89. The highest BCUT2D eigenvalue weighted by Gasteiger charge is 2.28. The molecule has 8 nitrogen and oxygen atoms in total. The van der Waals surface area contributed by atoms with Gasteiger partial charge in [-0.15, -0.1) is 0 Å². The molecule has 32 heavy (non-hydrogen) atoms. The molecule has 1 amide bonds. The van der Waals surface area contributed by atoms with Crippen molar-refractivity contribution in [2.24, 2.45) is 5.92 Å². The average molecular weight is 456 g/mol. The van der Waals surface area contributed by atoms with Crippen LogP contribution in [0.3, 0.4) is 0 Å². The fourth-order valence-corrected chi connectivity index (χ4v) is 5.36. The van der Waals surface area contributed by atoms with E-state index in [0.29, 0.717) is 31.1 Å². The predicted octanol–water partition coefficient (Wildman–Crippen LogP) is 2.23. The largest absolute Gasteiger partial charge is 0.348 e. The number of nitrogens with zero attached hydrogens (tertiary/aromatic N) is 4. The number of benzene rings is 1. The van der Waals surface area contributed by atoms with Crippen LogP contribution in [-0.2, 0) is 16.6 Å². The molecule has 0 atom stereocenters. The molecule has 0 saturated carbocycles.